The van der Waals surface area contributed by atoms with E-state index in [1.54, 1.807) is 6.20 Å². The second-order valence-electron chi connectivity index (χ2n) is 13.4. The van der Waals surface area contributed by atoms with Crippen molar-refractivity contribution in [2.24, 2.45) is 0 Å². The van der Waals surface area contributed by atoms with Gasteiger partial charge in [0.15, 0.2) is 0 Å². The van der Waals surface area contributed by atoms with E-state index in [-0.39, 0.29) is 30.3 Å². The van der Waals surface area contributed by atoms with Crippen LogP contribution in [-0.4, -0.2) is 105 Å². The number of aromatic nitrogens is 2. The van der Waals surface area contributed by atoms with Gasteiger partial charge in [-0.2, -0.15) is 5.10 Å². The minimum absolute atomic E-state index is 0.00812. The van der Waals surface area contributed by atoms with Crippen molar-refractivity contribution in [2.45, 2.75) is 82.6 Å². The number of rotatable bonds is 8. The smallest absolute Gasteiger partial charge is 0.322 e. The van der Waals surface area contributed by atoms with Gasteiger partial charge in [0, 0.05) is 62.4 Å². The van der Waals surface area contributed by atoms with Crippen LogP contribution in [-0.2, 0) is 22.7 Å². The molecule has 7 rings (SSSR count). The molecule has 3 fully saturated rings. The number of H-pyrrole nitrogens is 1. The van der Waals surface area contributed by atoms with Crippen LogP contribution in [0.15, 0.2) is 48.7 Å². The number of urea groups is 1. The van der Waals surface area contributed by atoms with E-state index < -0.39 is 6.04 Å². The average Bonchev–Trinajstić information content (AvgIpc) is 3.58. The summed E-state index contributed by atoms with van der Waals surface area (Å²) in [6.07, 6.45) is 9.22. The normalized spacial score (nSPS) is 20.9. The van der Waals surface area contributed by atoms with Crippen LogP contribution >= 0.6 is 0 Å². The highest BCUT2D eigenvalue weighted by Crippen LogP contribution is 2.28. The molecule has 11 heteroatoms. The summed E-state index contributed by atoms with van der Waals surface area (Å²) < 4.78 is 0. The monoisotopic (exact) mass is 626 g/mol. The van der Waals surface area contributed by atoms with Crippen molar-refractivity contribution in [1.82, 2.24) is 35.1 Å². The minimum Gasteiger partial charge on any atom is -0.342 e. The third kappa shape index (κ3) is 6.76. The molecule has 0 saturated carbocycles. The number of benzene rings is 2. The molecule has 11 nitrogen and oxygen atoms in total. The van der Waals surface area contributed by atoms with Crippen LogP contribution in [0.4, 0.5) is 10.5 Å². The fourth-order valence-corrected chi connectivity index (χ4v) is 7.79. The number of fused-ring (bicyclic) bond motifs is 2. The molecule has 0 aliphatic carbocycles. The maximum atomic E-state index is 14.0. The van der Waals surface area contributed by atoms with E-state index in [0.717, 1.165) is 66.5 Å². The van der Waals surface area contributed by atoms with Crippen molar-refractivity contribution in [1.29, 1.82) is 0 Å². The van der Waals surface area contributed by atoms with Gasteiger partial charge >= 0.3 is 6.03 Å². The summed E-state index contributed by atoms with van der Waals surface area (Å²) in [5.41, 5.74) is 4.00. The van der Waals surface area contributed by atoms with Crippen LogP contribution in [0, 0.1) is 0 Å². The lowest BCUT2D eigenvalue weighted by Gasteiger charge is -2.41. The average molecular weight is 627 g/mol. The van der Waals surface area contributed by atoms with Gasteiger partial charge in [-0.05, 0) is 80.9 Å². The Hall–Kier alpha value is -3.96. The number of nitrogens with one attached hydrogen (secondary N) is 3. The molecule has 3 aromatic rings. The summed E-state index contributed by atoms with van der Waals surface area (Å²) in [6, 6.07) is 14.0. The molecule has 4 aliphatic heterocycles. The highest BCUT2D eigenvalue weighted by Gasteiger charge is 2.35. The van der Waals surface area contributed by atoms with E-state index in [1.165, 1.54) is 32.4 Å². The first-order valence-electron chi connectivity index (χ1n) is 17.1. The Morgan fingerprint density at radius 3 is 2.43 bits per heavy atom. The number of carbonyl (C=O) groups excluding carboxylic acids is 3. The van der Waals surface area contributed by atoms with Crippen LogP contribution in [0.3, 0.4) is 0 Å². The topological polar surface area (TPSA) is 117 Å². The van der Waals surface area contributed by atoms with Gasteiger partial charge in [0.1, 0.15) is 0 Å². The fraction of sp³-hybridized carbons (Fsp3) is 0.543. The van der Waals surface area contributed by atoms with Crippen LogP contribution in [0.25, 0.3) is 10.9 Å². The summed E-state index contributed by atoms with van der Waals surface area (Å²) in [5, 5.41) is 14.6. The molecule has 4 aliphatic rings. The molecule has 3 saturated heterocycles. The van der Waals surface area contributed by atoms with E-state index in [4.69, 9.17) is 0 Å². The molecule has 5 heterocycles. The van der Waals surface area contributed by atoms with Crippen molar-refractivity contribution in [3.63, 3.8) is 0 Å². The predicted molar refractivity (Wildman–Crippen MR) is 177 cm³/mol. The first-order valence-corrected chi connectivity index (χ1v) is 17.1. The predicted octanol–water partition coefficient (Wildman–Crippen LogP) is 3.93. The zero-order valence-corrected chi connectivity index (χ0v) is 26.6. The molecular formula is C35H46N8O3. The zero-order valence-electron chi connectivity index (χ0n) is 26.6. The van der Waals surface area contributed by atoms with Gasteiger partial charge in [-0.3, -0.25) is 14.7 Å². The first-order chi connectivity index (χ1) is 22.5. The Balaban J connectivity index is 0.976. The largest absolute Gasteiger partial charge is 0.342 e. The third-order valence-corrected chi connectivity index (χ3v) is 10.5. The van der Waals surface area contributed by atoms with E-state index in [9.17, 15) is 14.4 Å². The van der Waals surface area contributed by atoms with Gasteiger partial charge in [-0.1, -0.05) is 30.7 Å². The molecule has 4 amide bonds. The maximum Gasteiger partial charge on any atom is 0.322 e. The van der Waals surface area contributed by atoms with Crippen LogP contribution in [0.1, 0.15) is 62.5 Å². The number of nitrogens with zero attached hydrogens (tertiary/aromatic N) is 5. The van der Waals surface area contributed by atoms with Gasteiger partial charge in [0.2, 0.25) is 11.8 Å². The summed E-state index contributed by atoms with van der Waals surface area (Å²) in [7, 11) is 0. The van der Waals surface area contributed by atoms with Crippen molar-refractivity contribution in [3.05, 3.63) is 59.8 Å². The molecule has 1 atom stereocenters. The van der Waals surface area contributed by atoms with Gasteiger partial charge in [-0.25, -0.2) is 4.79 Å². The molecule has 244 valence electrons. The molecule has 0 spiro atoms. The summed E-state index contributed by atoms with van der Waals surface area (Å²) >= 11 is 0. The molecule has 0 radical (unpaired) electrons. The highest BCUT2D eigenvalue weighted by atomic mass is 16.2. The number of anilines is 1. The quantitative estimate of drug-likeness (QED) is 0.349. The maximum absolute atomic E-state index is 14.0. The first kappa shape index (κ1) is 30.7. The lowest BCUT2D eigenvalue weighted by molar-refractivity contribution is -0.141. The summed E-state index contributed by atoms with van der Waals surface area (Å²) in [6.45, 7) is 6.04. The van der Waals surface area contributed by atoms with E-state index in [0.29, 0.717) is 32.2 Å². The minimum atomic E-state index is -0.596. The Morgan fingerprint density at radius 1 is 0.891 bits per heavy atom. The highest BCUT2D eigenvalue weighted by molar-refractivity contribution is 5.92. The van der Waals surface area contributed by atoms with Crippen molar-refractivity contribution in [3.8, 4) is 0 Å². The van der Waals surface area contributed by atoms with Crippen LogP contribution in [0.5, 0.6) is 0 Å². The van der Waals surface area contributed by atoms with Crippen LogP contribution < -0.4 is 10.6 Å². The number of aromatic amines is 1. The second kappa shape index (κ2) is 13.8. The van der Waals surface area contributed by atoms with Crippen LogP contribution in [0.2, 0.25) is 0 Å². The molecule has 46 heavy (non-hydrogen) atoms. The molecule has 1 aromatic heterocycles. The molecular weight excluding hydrogens is 580 g/mol. The third-order valence-electron chi connectivity index (χ3n) is 10.5. The van der Waals surface area contributed by atoms with E-state index in [1.807, 2.05) is 51.1 Å². The Kier molecular flexibility index (Phi) is 9.21. The lowest BCUT2D eigenvalue weighted by Crippen LogP contribution is -2.54. The number of amides is 4. The lowest BCUT2D eigenvalue weighted by atomic mass is 9.98. The summed E-state index contributed by atoms with van der Waals surface area (Å²) in [5.74, 6) is 0.0135. The van der Waals surface area contributed by atoms with Crippen molar-refractivity contribution >= 4 is 34.4 Å². The fourth-order valence-electron chi connectivity index (χ4n) is 7.79. The van der Waals surface area contributed by atoms with Crippen molar-refractivity contribution < 1.29 is 14.4 Å². The number of likely N-dealkylation sites (tertiary alicyclic amines) is 3. The molecule has 3 N–H and O–H groups in total. The number of hydrogen-bond acceptors (Lipinski definition) is 6. The number of para-hydroxylation sites is 1. The summed E-state index contributed by atoms with van der Waals surface area (Å²) in [4.78, 5) is 49.0. The SMILES string of the molecule is O=C(CC(NCc1ccc2[nH]ncc2c1)C(=O)N1CCC(N2CCCCC2)CC1)N1CCC(N2Cc3ccccc3NC2=O)CC1. The number of hydrogen-bond donors (Lipinski definition) is 3. The Labute approximate surface area is 270 Å². The molecule has 1 unspecified atom stereocenters. The zero-order chi connectivity index (χ0) is 31.5. The Bertz CT molecular complexity index is 1540. The number of carbonyl (C=O) groups is 3. The van der Waals surface area contributed by atoms with E-state index in [2.05, 4.69) is 31.8 Å². The standard InChI is InChI=1S/C35H46N8O3/c44-33(41-16-12-29(13-17-41)43-24-26-6-2-3-7-30(26)38-35(43)46)21-32(36-22-25-8-9-31-27(20-25)23-37-39-31)34(45)42-18-10-28(11-19-42)40-14-4-1-5-15-40/h2-3,6-9,20,23,28-29,32,36H,1,4-5,10-19,21-22,24H2,(H,37,39)(H,38,46). The second-order valence-corrected chi connectivity index (χ2v) is 13.4. The van der Waals surface area contributed by atoms with Gasteiger partial charge in [0.25, 0.3) is 0 Å². The molecule has 2 aromatic carbocycles. The van der Waals surface area contributed by atoms with Gasteiger partial charge in [0.05, 0.1) is 24.2 Å². The van der Waals surface area contributed by atoms with Gasteiger partial charge < -0.3 is 30.2 Å². The number of piperidine rings is 3. The van der Waals surface area contributed by atoms with E-state index >= 15 is 0 Å². The van der Waals surface area contributed by atoms with Crippen molar-refractivity contribution in [2.75, 3.05) is 44.6 Å². The Morgan fingerprint density at radius 2 is 1.63 bits per heavy atom. The molecule has 0 bridgehead atoms. The van der Waals surface area contributed by atoms with Gasteiger partial charge in [-0.15, -0.1) is 0 Å².